The Bertz CT molecular complexity index is 171. The molecule has 0 aromatic heterocycles. The molecule has 1 aliphatic heterocycles. The van der Waals surface area contributed by atoms with Gasteiger partial charge in [0, 0.05) is 38.8 Å². The second-order valence-corrected chi connectivity index (χ2v) is 4.84. The fraction of sp³-hybridized carbons (Fsp3) is 1.00. The first-order chi connectivity index (χ1) is 6.79. The summed E-state index contributed by atoms with van der Waals surface area (Å²) >= 11 is 0. The predicted molar refractivity (Wildman–Crippen MR) is 59.5 cm³/mol. The lowest BCUT2D eigenvalue weighted by Crippen LogP contribution is -2.49. The molecule has 1 unspecified atom stereocenters. The molecule has 3 heteroatoms. The van der Waals surface area contributed by atoms with Gasteiger partial charge in [-0.2, -0.15) is 0 Å². The summed E-state index contributed by atoms with van der Waals surface area (Å²) in [5, 5.41) is 3.47. The van der Waals surface area contributed by atoms with Crippen LogP contribution in [-0.4, -0.2) is 62.7 Å². The largest absolute Gasteiger partial charge is 0.315 e. The molecule has 1 heterocycles. The molecule has 82 valence electrons. The van der Waals surface area contributed by atoms with Crippen molar-refractivity contribution in [1.29, 1.82) is 0 Å². The molecule has 2 rings (SSSR count). The summed E-state index contributed by atoms with van der Waals surface area (Å²) in [6.45, 7) is 6.24. The highest BCUT2D eigenvalue weighted by molar-refractivity contribution is 4.88. The number of rotatable bonds is 4. The minimum atomic E-state index is 0.749. The molecule has 1 N–H and O–H groups in total. The molecule has 1 aliphatic carbocycles. The molecule has 2 fully saturated rings. The first kappa shape index (κ1) is 10.4. The molecular weight excluding hydrogens is 174 g/mol. The van der Waals surface area contributed by atoms with Gasteiger partial charge in [-0.05, 0) is 32.9 Å². The fourth-order valence-electron chi connectivity index (χ4n) is 2.28. The van der Waals surface area contributed by atoms with E-state index in [1.807, 2.05) is 0 Å². The van der Waals surface area contributed by atoms with Crippen molar-refractivity contribution in [2.45, 2.75) is 18.9 Å². The Balaban J connectivity index is 1.72. The van der Waals surface area contributed by atoms with Crippen LogP contribution < -0.4 is 5.32 Å². The second-order valence-electron chi connectivity index (χ2n) is 4.84. The van der Waals surface area contributed by atoms with E-state index in [1.54, 1.807) is 0 Å². The van der Waals surface area contributed by atoms with Gasteiger partial charge in [-0.1, -0.05) is 0 Å². The maximum absolute atomic E-state index is 3.47. The minimum Gasteiger partial charge on any atom is -0.315 e. The lowest BCUT2D eigenvalue weighted by Gasteiger charge is -2.34. The van der Waals surface area contributed by atoms with E-state index in [4.69, 9.17) is 0 Å². The minimum absolute atomic E-state index is 0.749. The van der Waals surface area contributed by atoms with Gasteiger partial charge in [-0.3, -0.25) is 4.90 Å². The zero-order valence-corrected chi connectivity index (χ0v) is 9.50. The molecule has 14 heavy (non-hydrogen) atoms. The molecule has 2 aliphatic rings. The van der Waals surface area contributed by atoms with Gasteiger partial charge < -0.3 is 10.2 Å². The van der Waals surface area contributed by atoms with Crippen LogP contribution in [0.3, 0.4) is 0 Å². The summed E-state index contributed by atoms with van der Waals surface area (Å²) in [7, 11) is 4.33. The van der Waals surface area contributed by atoms with Gasteiger partial charge in [-0.15, -0.1) is 0 Å². The SMILES string of the molecule is CNC(CN1CCN(C)CC1)C1CC1. The number of likely N-dealkylation sites (N-methyl/N-ethyl adjacent to an activating group) is 2. The molecule has 1 saturated carbocycles. The quantitative estimate of drug-likeness (QED) is 0.696. The maximum Gasteiger partial charge on any atom is 0.0220 e. The van der Waals surface area contributed by atoms with Gasteiger partial charge in [0.15, 0.2) is 0 Å². The Hall–Kier alpha value is -0.120. The van der Waals surface area contributed by atoms with Gasteiger partial charge in [0.2, 0.25) is 0 Å². The molecular formula is C11H23N3. The smallest absolute Gasteiger partial charge is 0.0220 e. The van der Waals surface area contributed by atoms with Crippen molar-refractivity contribution in [3.8, 4) is 0 Å². The van der Waals surface area contributed by atoms with E-state index >= 15 is 0 Å². The molecule has 3 nitrogen and oxygen atoms in total. The third-order valence-corrected chi connectivity index (χ3v) is 3.61. The van der Waals surface area contributed by atoms with Gasteiger partial charge in [-0.25, -0.2) is 0 Å². The van der Waals surface area contributed by atoms with Crippen LogP contribution in [0.1, 0.15) is 12.8 Å². The van der Waals surface area contributed by atoms with E-state index in [0.717, 1.165) is 12.0 Å². The molecule has 0 bridgehead atoms. The predicted octanol–water partition coefficient (Wildman–Crippen LogP) is 0.232. The molecule has 1 atom stereocenters. The van der Waals surface area contributed by atoms with Gasteiger partial charge in [0.05, 0.1) is 0 Å². The second kappa shape index (κ2) is 4.60. The summed E-state index contributed by atoms with van der Waals surface area (Å²) in [5.41, 5.74) is 0. The van der Waals surface area contributed by atoms with Crippen LogP contribution >= 0.6 is 0 Å². The number of nitrogens with zero attached hydrogens (tertiary/aromatic N) is 2. The summed E-state index contributed by atoms with van der Waals surface area (Å²) in [5.74, 6) is 0.972. The highest BCUT2D eigenvalue weighted by Crippen LogP contribution is 2.32. The number of piperazine rings is 1. The van der Waals surface area contributed by atoms with Crippen LogP contribution in [0.2, 0.25) is 0 Å². The van der Waals surface area contributed by atoms with Gasteiger partial charge in [0.1, 0.15) is 0 Å². The first-order valence-corrected chi connectivity index (χ1v) is 5.88. The van der Waals surface area contributed by atoms with Crippen molar-refractivity contribution in [3.05, 3.63) is 0 Å². The van der Waals surface area contributed by atoms with Crippen molar-refractivity contribution in [3.63, 3.8) is 0 Å². The fourth-order valence-corrected chi connectivity index (χ4v) is 2.28. The van der Waals surface area contributed by atoms with Crippen molar-refractivity contribution in [2.24, 2.45) is 5.92 Å². The Morgan fingerprint density at radius 1 is 1.21 bits per heavy atom. The third kappa shape index (κ3) is 2.69. The molecule has 1 saturated heterocycles. The van der Waals surface area contributed by atoms with Crippen LogP contribution in [0.5, 0.6) is 0 Å². The normalized spacial score (nSPS) is 27.9. The topological polar surface area (TPSA) is 18.5 Å². The molecule has 0 amide bonds. The highest BCUT2D eigenvalue weighted by atomic mass is 15.3. The molecule has 0 radical (unpaired) electrons. The summed E-state index contributed by atoms with van der Waals surface area (Å²) in [6.07, 6.45) is 2.89. The average molecular weight is 197 g/mol. The Morgan fingerprint density at radius 2 is 1.86 bits per heavy atom. The van der Waals surface area contributed by atoms with Crippen LogP contribution in [-0.2, 0) is 0 Å². The van der Waals surface area contributed by atoms with E-state index in [-0.39, 0.29) is 0 Å². The summed E-state index contributed by atoms with van der Waals surface area (Å²) in [4.78, 5) is 5.03. The van der Waals surface area contributed by atoms with Gasteiger partial charge in [0.25, 0.3) is 0 Å². The standard InChI is InChI=1S/C11H23N3/c1-12-11(10-3-4-10)9-14-7-5-13(2)6-8-14/h10-12H,3-9H2,1-2H3. The highest BCUT2D eigenvalue weighted by Gasteiger charge is 2.31. The van der Waals surface area contributed by atoms with Crippen LogP contribution in [0.15, 0.2) is 0 Å². The Labute approximate surface area is 87.4 Å². The summed E-state index contributed by atoms with van der Waals surface area (Å²) in [6, 6.07) is 0.749. The lowest BCUT2D eigenvalue weighted by atomic mass is 10.1. The molecule has 0 spiro atoms. The van der Waals surface area contributed by atoms with Crippen molar-refractivity contribution < 1.29 is 0 Å². The van der Waals surface area contributed by atoms with E-state index in [0.29, 0.717) is 0 Å². The number of hydrogen-bond donors (Lipinski definition) is 1. The first-order valence-electron chi connectivity index (χ1n) is 5.88. The van der Waals surface area contributed by atoms with E-state index in [2.05, 4.69) is 29.2 Å². The third-order valence-electron chi connectivity index (χ3n) is 3.61. The number of nitrogens with one attached hydrogen (secondary N) is 1. The zero-order chi connectivity index (χ0) is 9.97. The number of hydrogen-bond acceptors (Lipinski definition) is 3. The van der Waals surface area contributed by atoms with Crippen LogP contribution in [0, 0.1) is 5.92 Å². The van der Waals surface area contributed by atoms with Gasteiger partial charge >= 0.3 is 0 Å². The maximum atomic E-state index is 3.47. The molecule has 0 aromatic carbocycles. The van der Waals surface area contributed by atoms with E-state index in [9.17, 15) is 0 Å². The zero-order valence-electron chi connectivity index (χ0n) is 9.50. The van der Waals surface area contributed by atoms with Crippen LogP contribution in [0.25, 0.3) is 0 Å². The average Bonchev–Trinajstić information content (AvgIpc) is 3.01. The Kier molecular flexibility index (Phi) is 3.42. The van der Waals surface area contributed by atoms with E-state index in [1.165, 1.54) is 45.6 Å². The monoisotopic (exact) mass is 197 g/mol. The van der Waals surface area contributed by atoms with Crippen molar-refractivity contribution in [1.82, 2.24) is 15.1 Å². The van der Waals surface area contributed by atoms with Crippen molar-refractivity contribution in [2.75, 3.05) is 46.8 Å². The summed E-state index contributed by atoms with van der Waals surface area (Å²) < 4.78 is 0. The molecule has 0 aromatic rings. The Morgan fingerprint density at radius 3 is 2.36 bits per heavy atom. The van der Waals surface area contributed by atoms with E-state index < -0.39 is 0 Å². The lowest BCUT2D eigenvalue weighted by molar-refractivity contribution is 0.140. The van der Waals surface area contributed by atoms with Crippen molar-refractivity contribution >= 4 is 0 Å². The van der Waals surface area contributed by atoms with Crippen LogP contribution in [0.4, 0.5) is 0 Å².